The predicted octanol–water partition coefficient (Wildman–Crippen LogP) is 5.70. The monoisotopic (exact) mass is 1440 g/mol. The third-order valence-electron chi connectivity index (χ3n) is 12.1. The van der Waals surface area contributed by atoms with Crippen molar-refractivity contribution in [2.24, 2.45) is 11.8 Å². The van der Waals surface area contributed by atoms with Crippen LogP contribution in [0.4, 0.5) is 0 Å². The van der Waals surface area contributed by atoms with E-state index in [9.17, 15) is 75.7 Å². The highest BCUT2D eigenvalue weighted by Crippen LogP contribution is 2.16. The van der Waals surface area contributed by atoms with Crippen LogP contribution in [0.15, 0.2) is 97.5 Å². The predicted molar refractivity (Wildman–Crippen MR) is 356 cm³/mol. The fourth-order valence-corrected chi connectivity index (χ4v) is 9.76. The number of ether oxygens (including phenoxy) is 10. The number of hydrogen-bond acceptors (Lipinski definition) is 27. The molecule has 32 heteroatoms. The molecule has 0 spiro atoms. The second-order valence-electron chi connectivity index (χ2n) is 21.3. The van der Waals surface area contributed by atoms with E-state index in [1.165, 1.54) is 27.7 Å². The SMILES string of the molecule is C=C(C)C(=O)OCCOCC(C)S(=O)(=O)c1ccccc1.C=C(C)C(=O)OCCOCCS(=O)(=O)C(C)C.C=CC(=O)OCC(CC)COC(=O)CS(=O)(=O)C(C)C.C=CC(=O)OCC(CC)COC(=O)CS(=O)(=O)C(C)C.C=CC(=O)OCCOCCS(=O)(=O)C(C)C. The number of hydrogen-bond donors (Lipinski definition) is 0. The Balaban J connectivity index is -0.000000541. The number of rotatable bonds is 42. The number of benzene rings is 1. The van der Waals surface area contributed by atoms with E-state index >= 15 is 0 Å². The van der Waals surface area contributed by atoms with Gasteiger partial charge in [0.05, 0.1) is 109 Å². The summed E-state index contributed by atoms with van der Waals surface area (Å²) in [5, 5.41) is -2.70. The Bertz CT molecular complexity index is 2990. The Morgan fingerprint density at radius 1 is 0.404 bits per heavy atom. The van der Waals surface area contributed by atoms with Gasteiger partial charge in [0.1, 0.15) is 31.3 Å². The summed E-state index contributed by atoms with van der Waals surface area (Å²) in [4.78, 5) is 77.7. The molecule has 0 heterocycles. The molecule has 0 aromatic heterocycles. The standard InChI is InChI=1S/C15H20O5S.2C13H22O6S.C11H20O5S.C10H18O5S/c1-12(2)15(16)20-10-9-19-11-13(3)21(17,18)14-7-5-4-6-8-14;2*1-5-11(7-18-12(14)6-2)8-19-13(15)9-20(16,17)10(3)4;1-9(2)11(12)16-6-5-15-7-8-17(13,14)10(3)4;1-4-10(11)15-6-5-14-7-8-16(12,13)9(2)3/h4-8,13H,1,9-11H2,2-3H3;2*6,10-11H,2,5,7-9H2,1,3-4H3;10H,1,5-8H2,2-4H3;4,9H,1,5-8H2,2-3H3. The molecule has 0 aliphatic carbocycles. The molecular weight excluding hydrogens is 1340 g/mol. The molecule has 0 fully saturated rings. The van der Waals surface area contributed by atoms with Crippen LogP contribution in [0.5, 0.6) is 0 Å². The minimum atomic E-state index is -3.45. The van der Waals surface area contributed by atoms with Crippen LogP contribution in [0, 0.1) is 11.8 Å². The van der Waals surface area contributed by atoms with E-state index in [0.717, 1.165) is 18.2 Å². The molecule has 542 valence electrons. The van der Waals surface area contributed by atoms with Gasteiger partial charge in [-0.2, -0.15) is 0 Å². The zero-order valence-corrected chi connectivity index (χ0v) is 60.8. The first-order chi connectivity index (χ1) is 43.5. The van der Waals surface area contributed by atoms with Crippen molar-refractivity contribution >= 4 is 91.0 Å². The average Bonchev–Trinajstić information content (AvgIpc) is 0.845. The third-order valence-corrected chi connectivity index (χ3v) is 22.7. The lowest BCUT2D eigenvalue weighted by Crippen LogP contribution is -2.27. The maximum Gasteiger partial charge on any atom is 0.333 e. The van der Waals surface area contributed by atoms with Crippen LogP contribution >= 0.6 is 0 Å². The topological polar surface area (TPSA) is 382 Å². The maximum atomic E-state index is 12.2. The third kappa shape index (κ3) is 47.7. The minimum Gasteiger partial charge on any atom is -0.464 e. The van der Waals surface area contributed by atoms with Gasteiger partial charge in [-0.25, -0.2) is 66.1 Å². The van der Waals surface area contributed by atoms with Gasteiger partial charge < -0.3 is 47.4 Å². The van der Waals surface area contributed by atoms with Crippen LogP contribution in [0.25, 0.3) is 0 Å². The molecule has 3 atom stereocenters. The minimum absolute atomic E-state index is 0.0138. The van der Waals surface area contributed by atoms with Gasteiger partial charge in [-0.05, 0) is 101 Å². The lowest BCUT2D eigenvalue weighted by Gasteiger charge is -2.15. The van der Waals surface area contributed by atoms with Crippen molar-refractivity contribution in [3.05, 3.63) is 92.6 Å². The van der Waals surface area contributed by atoms with E-state index in [-0.39, 0.29) is 114 Å². The highest BCUT2D eigenvalue weighted by molar-refractivity contribution is 7.93. The van der Waals surface area contributed by atoms with Crippen LogP contribution in [0.3, 0.4) is 0 Å². The van der Waals surface area contributed by atoms with Crippen molar-refractivity contribution in [3.8, 4) is 0 Å². The summed E-state index contributed by atoms with van der Waals surface area (Å²) in [6, 6.07) is 8.23. The van der Waals surface area contributed by atoms with Crippen molar-refractivity contribution in [1.29, 1.82) is 0 Å². The van der Waals surface area contributed by atoms with Crippen molar-refractivity contribution in [3.63, 3.8) is 0 Å². The first-order valence-corrected chi connectivity index (χ1v) is 38.1. The molecule has 27 nitrogen and oxygen atoms in total. The summed E-state index contributed by atoms with van der Waals surface area (Å²) in [7, 11) is -16.4. The summed E-state index contributed by atoms with van der Waals surface area (Å²) in [5.41, 5.74) is 0.641. The summed E-state index contributed by atoms with van der Waals surface area (Å²) in [6.45, 7) is 38.9. The Hall–Kier alpha value is -6.16. The van der Waals surface area contributed by atoms with Crippen LogP contribution in [0.2, 0.25) is 0 Å². The molecule has 0 N–H and O–H groups in total. The van der Waals surface area contributed by atoms with E-state index in [4.69, 9.17) is 42.6 Å². The van der Waals surface area contributed by atoms with Crippen LogP contribution in [0.1, 0.15) is 103 Å². The Morgan fingerprint density at radius 3 is 1.02 bits per heavy atom. The first kappa shape index (κ1) is 94.2. The Labute approximate surface area is 558 Å². The average molecular weight is 1440 g/mol. The molecule has 1 rings (SSSR count). The summed E-state index contributed by atoms with van der Waals surface area (Å²) in [5.74, 6) is -5.74. The molecule has 0 saturated carbocycles. The number of carbonyl (C=O) groups excluding carboxylic acids is 7. The van der Waals surface area contributed by atoms with Crippen molar-refractivity contribution in [2.45, 2.75) is 134 Å². The van der Waals surface area contributed by atoms with Gasteiger partial charge >= 0.3 is 41.8 Å². The second-order valence-corrected chi connectivity index (χ2v) is 34.1. The molecule has 0 radical (unpaired) electrons. The van der Waals surface area contributed by atoms with Crippen LogP contribution < -0.4 is 0 Å². The zero-order valence-electron chi connectivity index (χ0n) is 56.7. The maximum absolute atomic E-state index is 12.2. The van der Waals surface area contributed by atoms with Crippen molar-refractivity contribution in [2.75, 3.05) is 109 Å². The van der Waals surface area contributed by atoms with Gasteiger partial charge in [0.2, 0.25) is 0 Å². The Morgan fingerprint density at radius 2 is 0.713 bits per heavy atom. The lowest BCUT2D eigenvalue weighted by molar-refractivity contribution is -0.146. The van der Waals surface area contributed by atoms with Crippen LogP contribution in [-0.2, 0) is 130 Å². The molecular formula is C62H102O27S5. The molecule has 1 aromatic rings. The lowest BCUT2D eigenvalue weighted by atomic mass is 10.1. The largest absolute Gasteiger partial charge is 0.464 e. The quantitative estimate of drug-likeness (QED) is 0.0328. The highest BCUT2D eigenvalue weighted by atomic mass is 32.2. The number of sulfone groups is 5. The molecule has 0 amide bonds. The van der Waals surface area contributed by atoms with E-state index in [2.05, 4.69) is 37.6 Å². The van der Waals surface area contributed by atoms with Gasteiger partial charge in [0.15, 0.2) is 49.2 Å². The second kappa shape index (κ2) is 51.2. The van der Waals surface area contributed by atoms with Gasteiger partial charge in [-0.3, -0.25) is 9.59 Å². The van der Waals surface area contributed by atoms with E-state index in [1.54, 1.807) is 78.8 Å². The first-order valence-electron chi connectivity index (χ1n) is 29.7. The van der Waals surface area contributed by atoms with Crippen molar-refractivity contribution < 1.29 is 123 Å². The fraction of sp³-hybridized carbons (Fsp3) is 0.629. The smallest absolute Gasteiger partial charge is 0.333 e. The van der Waals surface area contributed by atoms with E-state index in [1.807, 2.05) is 13.8 Å². The molecule has 94 heavy (non-hydrogen) atoms. The summed E-state index contributed by atoms with van der Waals surface area (Å²) >= 11 is 0. The molecule has 0 saturated heterocycles. The zero-order chi connectivity index (χ0) is 73.5. The fourth-order valence-electron chi connectivity index (χ4n) is 5.35. The van der Waals surface area contributed by atoms with E-state index in [0.29, 0.717) is 24.0 Å². The number of esters is 7. The van der Waals surface area contributed by atoms with Gasteiger partial charge in [-0.15, -0.1) is 0 Å². The summed E-state index contributed by atoms with van der Waals surface area (Å²) in [6.07, 6.45) is 4.42. The normalized spacial score (nSPS) is 12.3. The van der Waals surface area contributed by atoms with E-state index < -0.39 is 129 Å². The summed E-state index contributed by atoms with van der Waals surface area (Å²) < 4.78 is 165. The van der Waals surface area contributed by atoms with Crippen molar-refractivity contribution in [1.82, 2.24) is 0 Å². The molecule has 0 bridgehead atoms. The van der Waals surface area contributed by atoms with Gasteiger partial charge in [0, 0.05) is 41.2 Å². The number of carbonyl (C=O) groups is 7. The highest BCUT2D eigenvalue weighted by Gasteiger charge is 2.26. The molecule has 0 aliphatic heterocycles. The van der Waals surface area contributed by atoms with Gasteiger partial charge in [-0.1, -0.05) is 64.9 Å². The van der Waals surface area contributed by atoms with Crippen LogP contribution in [-0.4, -0.2) is 219 Å². The molecule has 0 aliphatic rings. The Kier molecular flexibility index (Phi) is 51.3. The van der Waals surface area contributed by atoms with Gasteiger partial charge in [0.25, 0.3) is 0 Å². The molecule has 1 aromatic carbocycles. The molecule has 3 unspecified atom stereocenters.